The van der Waals surface area contributed by atoms with Crippen LogP contribution in [-0.4, -0.2) is 16.8 Å². The molecule has 1 aromatic rings. The molecule has 0 N–H and O–H groups in total. The molecule has 8 heteroatoms. The van der Waals surface area contributed by atoms with E-state index in [9.17, 15) is 24.6 Å². The molecule has 0 saturated heterocycles. The molecule has 0 heterocycles. The summed E-state index contributed by atoms with van der Waals surface area (Å²) in [6, 6.07) is 1.58. The van der Waals surface area contributed by atoms with Crippen molar-refractivity contribution in [3.8, 4) is 0 Å². The molecule has 0 radical (unpaired) electrons. The first-order valence-electron chi connectivity index (χ1n) is 4.04. The van der Waals surface area contributed by atoms with E-state index in [1.807, 2.05) is 0 Å². The summed E-state index contributed by atoms with van der Waals surface area (Å²) in [7, 11) is -10.1. The Hall–Kier alpha value is -1.02. The summed E-state index contributed by atoms with van der Waals surface area (Å²) in [6.07, 6.45) is 0. The van der Waals surface area contributed by atoms with E-state index in [1.54, 1.807) is 0 Å². The zero-order valence-electron chi connectivity index (χ0n) is 8.36. The SMILES string of the molecule is Cc1cc(C)c(S(=O)(=O)F)cc1S(=O)(=O)F. The van der Waals surface area contributed by atoms with E-state index < -0.39 is 30.2 Å². The minimum absolute atomic E-state index is 0.0207. The van der Waals surface area contributed by atoms with Crippen LogP contribution in [-0.2, 0) is 20.4 Å². The molecule has 1 aromatic carbocycles. The largest absolute Gasteiger partial charge is 0.332 e. The summed E-state index contributed by atoms with van der Waals surface area (Å²) >= 11 is 0. The third-order valence-electron chi connectivity index (χ3n) is 2.00. The van der Waals surface area contributed by atoms with Gasteiger partial charge in [-0.25, -0.2) is 0 Å². The Morgan fingerprint density at radius 3 is 1.38 bits per heavy atom. The van der Waals surface area contributed by atoms with Crippen LogP contribution in [0.15, 0.2) is 21.9 Å². The van der Waals surface area contributed by atoms with Crippen molar-refractivity contribution in [2.45, 2.75) is 23.6 Å². The minimum Gasteiger partial charge on any atom is -0.189 e. The highest BCUT2D eigenvalue weighted by molar-refractivity contribution is 7.87. The lowest BCUT2D eigenvalue weighted by atomic mass is 10.2. The molecule has 1 rings (SSSR count). The molecular formula is C8H8F2O4S2. The first kappa shape index (κ1) is 13.0. The van der Waals surface area contributed by atoms with Crippen molar-refractivity contribution in [2.75, 3.05) is 0 Å². The first-order valence-corrected chi connectivity index (χ1v) is 6.81. The van der Waals surface area contributed by atoms with Crippen molar-refractivity contribution in [3.05, 3.63) is 23.3 Å². The van der Waals surface area contributed by atoms with Crippen LogP contribution < -0.4 is 0 Å². The Balaban J connectivity index is 3.72. The second-order valence-corrected chi connectivity index (χ2v) is 5.89. The van der Waals surface area contributed by atoms with Crippen LogP contribution in [0, 0.1) is 13.8 Å². The molecule has 16 heavy (non-hydrogen) atoms. The highest BCUT2D eigenvalue weighted by Gasteiger charge is 2.22. The fourth-order valence-electron chi connectivity index (χ4n) is 1.34. The molecular weight excluding hydrogens is 262 g/mol. The minimum atomic E-state index is -5.06. The third kappa shape index (κ3) is 2.56. The van der Waals surface area contributed by atoms with Gasteiger partial charge in [-0.1, -0.05) is 6.07 Å². The van der Waals surface area contributed by atoms with E-state index in [-0.39, 0.29) is 11.1 Å². The predicted molar refractivity (Wildman–Crippen MR) is 52.5 cm³/mol. The zero-order chi connectivity index (χ0) is 12.7. The van der Waals surface area contributed by atoms with Crippen LogP contribution in [0.1, 0.15) is 11.1 Å². The van der Waals surface area contributed by atoms with Gasteiger partial charge in [0.15, 0.2) is 0 Å². The lowest BCUT2D eigenvalue weighted by Gasteiger charge is -2.06. The summed E-state index contributed by atoms with van der Waals surface area (Å²) in [5, 5.41) is 0. The molecule has 0 aliphatic rings. The van der Waals surface area contributed by atoms with Crippen LogP contribution in [0.5, 0.6) is 0 Å². The van der Waals surface area contributed by atoms with Gasteiger partial charge in [-0.15, -0.1) is 7.77 Å². The fourth-order valence-corrected chi connectivity index (χ4v) is 2.82. The molecule has 0 fully saturated rings. The van der Waals surface area contributed by atoms with E-state index in [2.05, 4.69) is 0 Å². The highest BCUT2D eigenvalue weighted by Crippen LogP contribution is 2.26. The maximum absolute atomic E-state index is 12.7. The predicted octanol–water partition coefficient (Wildman–Crippen LogP) is 1.62. The van der Waals surface area contributed by atoms with Crippen LogP contribution >= 0.6 is 0 Å². The molecule has 0 unspecified atom stereocenters. The van der Waals surface area contributed by atoms with Gasteiger partial charge >= 0.3 is 20.4 Å². The summed E-state index contributed by atoms with van der Waals surface area (Å²) in [5.74, 6) is 0. The number of hydrogen-bond donors (Lipinski definition) is 0. The number of benzene rings is 1. The molecule has 0 aliphatic carbocycles. The van der Waals surface area contributed by atoms with Crippen LogP contribution in [0.25, 0.3) is 0 Å². The average Bonchev–Trinajstić information content (AvgIpc) is 1.97. The summed E-state index contributed by atoms with van der Waals surface area (Å²) < 4.78 is 68.1. The number of aryl methyl sites for hydroxylation is 2. The molecule has 0 atom stereocenters. The molecule has 4 nitrogen and oxygen atoms in total. The topological polar surface area (TPSA) is 68.3 Å². The normalized spacial score (nSPS) is 12.8. The van der Waals surface area contributed by atoms with Crippen LogP contribution in [0.4, 0.5) is 7.77 Å². The molecule has 0 saturated carbocycles. The summed E-state index contributed by atoms with van der Waals surface area (Å²) in [4.78, 5) is -1.68. The molecule has 0 aliphatic heterocycles. The van der Waals surface area contributed by atoms with Gasteiger partial charge in [0.05, 0.1) is 0 Å². The second-order valence-electron chi connectivity index (χ2n) is 3.26. The van der Waals surface area contributed by atoms with E-state index in [0.717, 1.165) is 6.07 Å². The maximum Gasteiger partial charge on any atom is 0.332 e. The van der Waals surface area contributed by atoms with Gasteiger partial charge in [0, 0.05) is 0 Å². The van der Waals surface area contributed by atoms with Gasteiger partial charge in [0.1, 0.15) is 9.79 Å². The van der Waals surface area contributed by atoms with Crippen molar-refractivity contribution in [2.24, 2.45) is 0 Å². The quantitative estimate of drug-likeness (QED) is 0.766. The molecule has 0 amide bonds. The maximum atomic E-state index is 12.7. The number of halogens is 2. The highest BCUT2D eigenvalue weighted by atomic mass is 32.3. The Kier molecular flexibility index (Phi) is 3.08. The third-order valence-corrected chi connectivity index (χ3v) is 3.93. The van der Waals surface area contributed by atoms with Gasteiger partial charge < -0.3 is 0 Å². The summed E-state index contributed by atoms with van der Waals surface area (Å²) in [6.45, 7) is 2.57. The van der Waals surface area contributed by atoms with Crippen molar-refractivity contribution in [1.82, 2.24) is 0 Å². The van der Waals surface area contributed by atoms with E-state index in [0.29, 0.717) is 6.07 Å². The monoisotopic (exact) mass is 270 g/mol. The van der Waals surface area contributed by atoms with Gasteiger partial charge in [-0.2, -0.15) is 16.8 Å². The number of hydrogen-bond acceptors (Lipinski definition) is 4. The van der Waals surface area contributed by atoms with E-state index >= 15 is 0 Å². The van der Waals surface area contributed by atoms with Crippen LogP contribution in [0.2, 0.25) is 0 Å². The van der Waals surface area contributed by atoms with Crippen molar-refractivity contribution in [1.29, 1.82) is 0 Å². The van der Waals surface area contributed by atoms with E-state index in [1.165, 1.54) is 13.8 Å². The van der Waals surface area contributed by atoms with Crippen molar-refractivity contribution in [3.63, 3.8) is 0 Å². The lowest BCUT2D eigenvalue weighted by molar-refractivity contribution is 0.549. The van der Waals surface area contributed by atoms with E-state index in [4.69, 9.17) is 0 Å². The lowest BCUT2D eigenvalue weighted by Crippen LogP contribution is -2.02. The van der Waals surface area contributed by atoms with Gasteiger partial charge in [0.25, 0.3) is 0 Å². The Labute approximate surface area is 92.3 Å². The second kappa shape index (κ2) is 3.77. The average molecular weight is 270 g/mol. The summed E-state index contributed by atoms with van der Waals surface area (Å²) in [5.41, 5.74) is 0.0415. The smallest absolute Gasteiger partial charge is 0.189 e. The van der Waals surface area contributed by atoms with Crippen molar-refractivity contribution < 1.29 is 24.6 Å². The fraction of sp³-hybridized carbons (Fsp3) is 0.250. The zero-order valence-corrected chi connectivity index (χ0v) is 9.99. The first-order chi connectivity index (χ1) is 7.03. The standard InChI is InChI=1S/C8H8F2O4S2/c1-5-3-6(2)8(16(10,13)14)4-7(5)15(9,11)12/h3-4H,1-2H3. The van der Waals surface area contributed by atoms with Crippen molar-refractivity contribution >= 4 is 20.4 Å². The molecule has 0 aromatic heterocycles. The van der Waals surface area contributed by atoms with Gasteiger partial charge in [-0.05, 0) is 31.0 Å². The number of rotatable bonds is 2. The Bertz CT molecular complexity index is 579. The molecule has 90 valence electrons. The van der Waals surface area contributed by atoms with Gasteiger partial charge in [-0.3, -0.25) is 0 Å². The Morgan fingerprint density at radius 2 is 1.12 bits per heavy atom. The van der Waals surface area contributed by atoms with Gasteiger partial charge in [0.2, 0.25) is 0 Å². The molecule has 0 bridgehead atoms. The van der Waals surface area contributed by atoms with Crippen LogP contribution in [0.3, 0.4) is 0 Å². The molecule has 0 spiro atoms. The Morgan fingerprint density at radius 1 is 0.812 bits per heavy atom.